The summed E-state index contributed by atoms with van der Waals surface area (Å²) in [5.74, 6) is 0.0599. The van der Waals surface area contributed by atoms with E-state index < -0.39 is 5.56 Å². The molecule has 2 heterocycles. The molecular formula is C23H32N7O6P. The maximum atomic E-state index is 12.8. The number of H-pyrrole nitrogens is 1. The molecule has 0 spiro atoms. The van der Waals surface area contributed by atoms with Crippen LogP contribution < -0.4 is 31.7 Å². The number of aromatic amines is 1. The fraction of sp³-hybridized carbons (Fsp3) is 0.435. The normalized spacial score (nSPS) is 16.0. The van der Waals surface area contributed by atoms with Gasteiger partial charge in [0.25, 0.3) is 5.91 Å². The van der Waals surface area contributed by atoms with E-state index in [2.05, 4.69) is 45.4 Å². The maximum absolute atomic E-state index is 12.8. The lowest BCUT2D eigenvalue weighted by Gasteiger charge is -2.34. The number of carbonyl (C=O) groups excluding carboxylic acids is 3. The molecule has 1 aromatic heterocycles. The summed E-state index contributed by atoms with van der Waals surface area (Å²) in [5.41, 5.74) is 0.800. The van der Waals surface area contributed by atoms with Crippen LogP contribution in [0.3, 0.4) is 0 Å². The first-order valence-corrected chi connectivity index (χ1v) is 12.1. The quantitative estimate of drug-likeness (QED) is 0.150. The number of anilines is 4. The molecule has 0 radical (unpaired) electrons. The van der Waals surface area contributed by atoms with Crippen molar-refractivity contribution in [3.8, 4) is 0 Å². The Hall–Kier alpha value is -3.70. The number of ether oxygens (including phenoxy) is 1. The number of fused-ring (bicyclic) bond motifs is 1. The average molecular weight is 534 g/mol. The number of rotatable bonds is 12. The van der Waals surface area contributed by atoms with Crippen molar-refractivity contribution in [2.45, 2.75) is 38.0 Å². The van der Waals surface area contributed by atoms with E-state index in [4.69, 9.17) is 4.52 Å². The van der Waals surface area contributed by atoms with E-state index >= 15 is 0 Å². The summed E-state index contributed by atoms with van der Waals surface area (Å²) in [7, 11) is 5.12. The highest BCUT2D eigenvalue weighted by Crippen LogP contribution is 2.25. The average Bonchev–Trinajstić information content (AvgIpc) is 2.92. The minimum absolute atomic E-state index is 0.152. The number of hydrogen-bond acceptors (Lipinski definition) is 10. The molecule has 4 unspecified atom stereocenters. The molecular weight excluding hydrogens is 501 g/mol. The number of nitrogens with one attached hydrogen (secondary N) is 5. The Morgan fingerprint density at radius 1 is 1.32 bits per heavy atom. The Labute approximate surface area is 216 Å². The third kappa shape index (κ3) is 6.95. The Morgan fingerprint density at radius 3 is 2.68 bits per heavy atom. The lowest BCUT2D eigenvalue weighted by molar-refractivity contribution is -0.140. The van der Waals surface area contributed by atoms with Crippen LogP contribution in [0.1, 0.15) is 30.1 Å². The first kappa shape index (κ1) is 27.9. The van der Waals surface area contributed by atoms with Crippen molar-refractivity contribution in [2.24, 2.45) is 0 Å². The summed E-state index contributed by atoms with van der Waals surface area (Å²) < 4.78 is 9.94. The van der Waals surface area contributed by atoms with Crippen molar-refractivity contribution in [2.75, 3.05) is 48.1 Å². The first-order valence-electron chi connectivity index (χ1n) is 11.7. The predicted molar refractivity (Wildman–Crippen MR) is 143 cm³/mol. The Kier molecular flexibility index (Phi) is 9.81. The predicted octanol–water partition coefficient (Wildman–Crippen LogP) is 0.927. The molecule has 0 aliphatic carbocycles. The summed E-state index contributed by atoms with van der Waals surface area (Å²) in [5, 5.41) is 12.0. The maximum Gasteiger partial charge on any atom is 0.305 e. The zero-order chi connectivity index (χ0) is 26.9. The Balaban J connectivity index is 1.61. The Morgan fingerprint density at radius 2 is 2.05 bits per heavy atom. The van der Waals surface area contributed by atoms with Gasteiger partial charge in [-0.15, -0.1) is 0 Å². The third-order valence-corrected chi connectivity index (χ3v) is 6.52. The number of aromatic nitrogens is 2. The summed E-state index contributed by atoms with van der Waals surface area (Å²) >= 11 is 0. The van der Waals surface area contributed by atoms with Crippen LogP contribution in [0.25, 0.3) is 0 Å². The number of benzene rings is 1. The van der Waals surface area contributed by atoms with Crippen LogP contribution in [-0.2, 0) is 18.8 Å². The number of methoxy groups -OCH3 is 1. The summed E-state index contributed by atoms with van der Waals surface area (Å²) in [6.07, 6.45) is 0.806. The summed E-state index contributed by atoms with van der Waals surface area (Å²) in [4.78, 5) is 56.8. The second kappa shape index (κ2) is 13.0. The lowest BCUT2D eigenvalue weighted by Crippen LogP contribution is -2.49. The molecule has 1 aliphatic rings. The molecule has 0 saturated carbocycles. The summed E-state index contributed by atoms with van der Waals surface area (Å²) in [6, 6.07) is 6.09. The van der Waals surface area contributed by atoms with Crippen LogP contribution in [0.5, 0.6) is 0 Å². The highest BCUT2D eigenvalue weighted by molar-refractivity contribution is 7.09. The fourth-order valence-corrected chi connectivity index (χ4v) is 4.07. The molecule has 13 nitrogen and oxygen atoms in total. The van der Waals surface area contributed by atoms with E-state index in [-0.39, 0.29) is 42.2 Å². The van der Waals surface area contributed by atoms with E-state index in [0.717, 1.165) is 5.69 Å². The van der Waals surface area contributed by atoms with Gasteiger partial charge >= 0.3 is 11.5 Å². The van der Waals surface area contributed by atoms with Gasteiger partial charge < -0.3 is 40.4 Å². The molecule has 1 aliphatic heterocycles. The van der Waals surface area contributed by atoms with Gasteiger partial charge in [0.2, 0.25) is 12.4 Å². The molecule has 0 saturated heterocycles. The standard InChI is InChI=1S/C23H32N7O6P/c1-13(36-37)17(8-9-18(32)35-3)27-21(33)14-4-6-15(7-5-14)25-10-16-11-26-20-19(30(16)12-31)22(34)29-23(24-2)28-20/h4-7,12-13,16-17,25H,8-11,37H2,1-3H3,(H,27,33)(H3,24,26,28,29,34). The van der Waals surface area contributed by atoms with Crippen molar-refractivity contribution in [3.63, 3.8) is 0 Å². The van der Waals surface area contributed by atoms with Gasteiger partial charge in [-0.25, -0.2) is 0 Å². The second-order valence-electron chi connectivity index (χ2n) is 8.41. The van der Waals surface area contributed by atoms with E-state index in [1.807, 2.05) is 0 Å². The molecule has 2 aromatic rings. The van der Waals surface area contributed by atoms with Gasteiger partial charge in [-0.3, -0.25) is 19.2 Å². The monoisotopic (exact) mass is 533 g/mol. The van der Waals surface area contributed by atoms with Crippen molar-refractivity contribution in [1.29, 1.82) is 0 Å². The van der Waals surface area contributed by atoms with Gasteiger partial charge in [-0.05, 0) is 37.6 Å². The van der Waals surface area contributed by atoms with Crippen molar-refractivity contribution in [3.05, 3.63) is 40.2 Å². The minimum Gasteiger partial charge on any atom is -0.469 e. The molecule has 14 heteroatoms. The first-order chi connectivity index (χ1) is 17.8. The molecule has 2 amide bonds. The zero-order valence-corrected chi connectivity index (χ0v) is 22.0. The van der Waals surface area contributed by atoms with Gasteiger partial charge in [-0.2, -0.15) is 4.98 Å². The number of carbonyl (C=O) groups is 3. The third-order valence-electron chi connectivity index (χ3n) is 6.09. The van der Waals surface area contributed by atoms with Crippen LogP contribution in [0.15, 0.2) is 29.1 Å². The van der Waals surface area contributed by atoms with E-state index in [1.54, 1.807) is 38.2 Å². The van der Waals surface area contributed by atoms with E-state index in [9.17, 15) is 19.2 Å². The van der Waals surface area contributed by atoms with Gasteiger partial charge in [0.05, 0.1) is 25.3 Å². The van der Waals surface area contributed by atoms with Gasteiger partial charge in [0.1, 0.15) is 5.82 Å². The molecule has 1 aromatic carbocycles. The molecule has 200 valence electrons. The number of hydrogen-bond donors (Lipinski definition) is 5. The van der Waals surface area contributed by atoms with Crippen LogP contribution in [-0.4, -0.2) is 73.7 Å². The number of esters is 1. The smallest absolute Gasteiger partial charge is 0.305 e. The largest absolute Gasteiger partial charge is 0.469 e. The van der Waals surface area contributed by atoms with Crippen LogP contribution in [0.2, 0.25) is 0 Å². The number of nitrogens with zero attached hydrogens (tertiary/aromatic N) is 2. The van der Waals surface area contributed by atoms with Gasteiger partial charge in [0.15, 0.2) is 5.69 Å². The topological polar surface area (TPSA) is 167 Å². The fourth-order valence-electron chi connectivity index (χ4n) is 3.88. The molecule has 0 bridgehead atoms. The second-order valence-corrected chi connectivity index (χ2v) is 8.68. The van der Waals surface area contributed by atoms with Crippen LogP contribution >= 0.6 is 9.47 Å². The summed E-state index contributed by atoms with van der Waals surface area (Å²) in [6.45, 7) is 2.56. The van der Waals surface area contributed by atoms with E-state index in [0.29, 0.717) is 43.3 Å². The van der Waals surface area contributed by atoms with Crippen molar-refractivity contribution in [1.82, 2.24) is 15.3 Å². The van der Waals surface area contributed by atoms with Crippen molar-refractivity contribution >= 4 is 50.9 Å². The number of amides is 2. The SMILES string of the molecule is CNc1nc(=O)c2c([nH]1)NCC(CNc1ccc(C(=O)NC(CCC(=O)OC)C(C)OP)cc1)N2C=O. The highest BCUT2D eigenvalue weighted by Gasteiger charge is 2.29. The van der Waals surface area contributed by atoms with Crippen LogP contribution in [0, 0.1) is 0 Å². The van der Waals surface area contributed by atoms with Gasteiger partial charge in [-0.1, -0.05) is 0 Å². The van der Waals surface area contributed by atoms with E-state index in [1.165, 1.54) is 12.0 Å². The Bertz CT molecular complexity index is 1160. The molecule has 5 N–H and O–H groups in total. The lowest BCUT2D eigenvalue weighted by atomic mass is 10.1. The zero-order valence-electron chi connectivity index (χ0n) is 20.9. The highest BCUT2D eigenvalue weighted by atomic mass is 31.0. The molecule has 3 rings (SSSR count). The van der Waals surface area contributed by atoms with Crippen molar-refractivity contribution < 1.29 is 23.6 Å². The molecule has 0 fully saturated rings. The molecule has 37 heavy (non-hydrogen) atoms. The van der Waals surface area contributed by atoms with Crippen LogP contribution in [0.4, 0.5) is 23.1 Å². The molecule has 4 atom stereocenters. The van der Waals surface area contributed by atoms with Gasteiger partial charge in [0, 0.05) is 47.3 Å². The minimum atomic E-state index is -0.524.